The van der Waals surface area contributed by atoms with Gasteiger partial charge in [-0.1, -0.05) is 36.4 Å². The molecule has 6 nitrogen and oxygen atoms in total. The Morgan fingerprint density at radius 2 is 1.67 bits per heavy atom. The van der Waals surface area contributed by atoms with Crippen molar-refractivity contribution in [1.82, 2.24) is 19.9 Å². The van der Waals surface area contributed by atoms with Gasteiger partial charge in [-0.15, -0.1) is 0 Å². The van der Waals surface area contributed by atoms with Gasteiger partial charge in [0.2, 0.25) is 0 Å². The van der Waals surface area contributed by atoms with Crippen LogP contribution in [0.4, 0.5) is 5.69 Å². The van der Waals surface area contributed by atoms with Crippen molar-refractivity contribution in [3.05, 3.63) is 103 Å². The third-order valence-corrected chi connectivity index (χ3v) is 6.73. The van der Waals surface area contributed by atoms with E-state index in [2.05, 4.69) is 80.5 Å². The van der Waals surface area contributed by atoms with Crippen molar-refractivity contribution < 1.29 is 4.74 Å². The number of para-hydroxylation sites is 1. The van der Waals surface area contributed by atoms with Gasteiger partial charge in [-0.3, -0.25) is 9.97 Å². The van der Waals surface area contributed by atoms with E-state index < -0.39 is 0 Å². The molecule has 0 aliphatic carbocycles. The zero-order valence-corrected chi connectivity index (χ0v) is 19.6. The number of aromatic nitrogens is 4. The molecule has 6 aromatic rings. The lowest BCUT2D eigenvalue weighted by Crippen LogP contribution is -2.25. The fourth-order valence-corrected chi connectivity index (χ4v) is 4.95. The van der Waals surface area contributed by atoms with Crippen LogP contribution >= 0.6 is 0 Å². The average Bonchev–Trinajstić information content (AvgIpc) is 3.25. The number of benzene rings is 3. The largest absolute Gasteiger partial charge is 0.491 e. The fraction of sp³-hybridized carbons (Fsp3) is 0.100. The van der Waals surface area contributed by atoms with Gasteiger partial charge in [-0.05, 0) is 59.7 Å². The van der Waals surface area contributed by atoms with Crippen molar-refractivity contribution in [2.45, 2.75) is 6.54 Å². The topological polar surface area (TPSA) is 66.9 Å². The quantitative estimate of drug-likeness (QED) is 0.332. The Labute approximate surface area is 208 Å². The summed E-state index contributed by atoms with van der Waals surface area (Å²) >= 11 is 0. The van der Waals surface area contributed by atoms with E-state index in [0.717, 1.165) is 63.4 Å². The molecule has 3 aromatic carbocycles. The Morgan fingerprint density at radius 3 is 2.61 bits per heavy atom. The third-order valence-electron chi connectivity index (χ3n) is 6.73. The lowest BCUT2D eigenvalue weighted by Gasteiger charge is -2.23. The summed E-state index contributed by atoms with van der Waals surface area (Å²) in [4.78, 5) is 19.5. The number of nitrogens with one attached hydrogen (secondary N) is 1. The maximum atomic E-state index is 6.15. The van der Waals surface area contributed by atoms with Crippen LogP contribution in [0, 0.1) is 0 Å². The molecular weight excluding hydrogens is 446 g/mol. The predicted octanol–water partition coefficient (Wildman–Crippen LogP) is 6.24. The van der Waals surface area contributed by atoms with Crippen LogP contribution in [0.1, 0.15) is 5.56 Å². The maximum absolute atomic E-state index is 6.15. The number of aromatic amines is 1. The number of hydrogen-bond donors (Lipinski definition) is 1. The van der Waals surface area contributed by atoms with Crippen molar-refractivity contribution in [1.29, 1.82) is 0 Å². The molecule has 0 spiro atoms. The normalized spacial score (nSPS) is 13.4. The predicted molar refractivity (Wildman–Crippen MR) is 143 cm³/mol. The second-order valence-electron chi connectivity index (χ2n) is 8.97. The molecule has 0 bridgehead atoms. The number of imidazole rings is 1. The molecule has 4 heterocycles. The van der Waals surface area contributed by atoms with Crippen LogP contribution in [-0.4, -0.2) is 33.1 Å². The van der Waals surface area contributed by atoms with Crippen molar-refractivity contribution in [3.63, 3.8) is 0 Å². The highest BCUT2D eigenvalue weighted by Crippen LogP contribution is 2.34. The molecule has 0 amide bonds. The molecule has 1 aliphatic heterocycles. The van der Waals surface area contributed by atoms with Crippen molar-refractivity contribution in [2.75, 3.05) is 18.1 Å². The first kappa shape index (κ1) is 20.6. The van der Waals surface area contributed by atoms with E-state index in [9.17, 15) is 0 Å². The Bertz CT molecular complexity index is 1700. The van der Waals surface area contributed by atoms with Gasteiger partial charge in [0, 0.05) is 35.6 Å². The first-order chi connectivity index (χ1) is 17.8. The van der Waals surface area contributed by atoms with Gasteiger partial charge in [-0.2, -0.15) is 0 Å². The highest BCUT2D eigenvalue weighted by molar-refractivity contribution is 5.91. The molecule has 6 heteroatoms. The summed E-state index contributed by atoms with van der Waals surface area (Å²) in [7, 11) is 0. The van der Waals surface area contributed by atoms with E-state index in [4.69, 9.17) is 9.72 Å². The molecule has 1 N–H and O–H groups in total. The standard InChI is InChI=1S/C30H23N5O/c1-2-6-24-23(5-1)28(12-14-32-24)35-15-16-36-29-11-9-20(17-22(29)19-35)21-8-10-25-27(18-21)34-30(33-25)26-7-3-4-13-31-26/h1-14,17-18H,15-16,19H2,(H,33,34). The van der Waals surface area contributed by atoms with Gasteiger partial charge in [-0.25, -0.2) is 4.98 Å². The number of rotatable bonds is 3. The Kier molecular flexibility index (Phi) is 4.87. The first-order valence-corrected chi connectivity index (χ1v) is 12.1. The third kappa shape index (κ3) is 3.64. The van der Waals surface area contributed by atoms with E-state index >= 15 is 0 Å². The summed E-state index contributed by atoms with van der Waals surface area (Å²) in [5.74, 6) is 1.72. The molecule has 0 atom stereocenters. The highest BCUT2D eigenvalue weighted by atomic mass is 16.5. The van der Waals surface area contributed by atoms with Gasteiger partial charge in [0.15, 0.2) is 5.82 Å². The molecule has 7 rings (SSSR count). The van der Waals surface area contributed by atoms with Crippen LogP contribution in [0.2, 0.25) is 0 Å². The zero-order valence-electron chi connectivity index (χ0n) is 19.6. The van der Waals surface area contributed by atoms with E-state index in [-0.39, 0.29) is 0 Å². The van der Waals surface area contributed by atoms with Crippen LogP contribution < -0.4 is 9.64 Å². The minimum atomic E-state index is 0.638. The number of fused-ring (bicyclic) bond motifs is 3. The number of H-pyrrole nitrogens is 1. The summed E-state index contributed by atoms with van der Waals surface area (Å²) < 4.78 is 6.15. The lowest BCUT2D eigenvalue weighted by atomic mass is 10.0. The van der Waals surface area contributed by atoms with Crippen molar-refractivity contribution in [3.8, 4) is 28.4 Å². The Hall–Kier alpha value is -4.71. The molecule has 0 radical (unpaired) electrons. The smallest absolute Gasteiger partial charge is 0.157 e. The van der Waals surface area contributed by atoms with Crippen molar-refractivity contribution >= 4 is 27.6 Å². The summed E-state index contributed by atoms with van der Waals surface area (Å²) in [5.41, 5.74) is 8.39. The fourth-order valence-electron chi connectivity index (χ4n) is 4.95. The summed E-state index contributed by atoms with van der Waals surface area (Å²) in [6, 6.07) is 29.0. The van der Waals surface area contributed by atoms with Crippen LogP contribution in [0.5, 0.6) is 5.75 Å². The molecule has 3 aromatic heterocycles. The molecule has 0 unspecified atom stereocenters. The monoisotopic (exact) mass is 469 g/mol. The molecule has 0 saturated heterocycles. The van der Waals surface area contributed by atoms with Crippen LogP contribution in [0.25, 0.3) is 44.6 Å². The molecule has 0 fully saturated rings. The van der Waals surface area contributed by atoms with Crippen LogP contribution in [-0.2, 0) is 6.54 Å². The number of nitrogens with zero attached hydrogens (tertiary/aromatic N) is 4. The second kappa shape index (κ2) is 8.50. The molecule has 174 valence electrons. The van der Waals surface area contributed by atoms with Gasteiger partial charge in [0.05, 0.1) is 23.1 Å². The molecule has 36 heavy (non-hydrogen) atoms. The number of anilines is 1. The van der Waals surface area contributed by atoms with E-state index in [1.807, 2.05) is 30.5 Å². The highest BCUT2D eigenvalue weighted by Gasteiger charge is 2.19. The molecular formula is C30H23N5O. The van der Waals surface area contributed by atoms with E-state index in [1.165, 1.54) is 11.3 Å². The Morgan fingerprint density at radius 1 is 0.778 bits per heavy atom. The van der Waals surface area contributed by atoms with Crippen LogP contribution in [0.15, 0.2) is 97.3 Å². The van der Waals surface area contributed by atoms with Gasteiger partial charge >= 0.3 is 0 Å². The Balaban J connectivity index is 1.24. The van der Waals surface area contributed by atoms with Gasteiger partial charge in [0.25, 0.3) is 0 Å². The second-order valence-corrected chi connectivity index (χ2v) is 8.97. The first-order valence-electron chi connectivity index (χ1n) is 12.1. The number of hydrogen-bond acceptors (Lipinski definition) is 5. The lowest BCUT2D eigenvalue weighted by molar-refractivity contribution is 0.332. The minimum Gasteiger partial charge on any atom is -0.491 e. The summed E-state index contributed by atoms with van der Waals surface area (Å²) in [6.45, 7) is 2.22. The van der Waals surface area contributed by atoms with E-state index in [0.29, 0.717) is 6.61 Å². The minimum absolute atomic E-state index is 0.638. The molecule has 0 saturated carbocycles. The average molecular weight is 470 g/mol. The number of ether oxygens (including phenoxy) is 1. The zero-order chi connectivity index (χ0) is 23.9. The van der Waals surface area contributed by atoms with Gasteiger partial charge in [0.1, 0.15) is 18.1 Å². The van der Waals surface area contributed by atoms with E-state index in [1.54, 1.807) is 6.20 Å². The van der Waals surface area contributed by atoms with Crippen molar-refractivity contribution in [2.24, 2.45) is 0 Å². The summed E-state index contributed by atoms with van der Waals surface area (Å²) in [5, 5.41) is 1.16. The maximum Gasteiger partial charge on any atom is 0.157 e. The van der Waals surface area contributed by atoms with Crippen LogP contribution in [0.3, 0.4) is 0 Å². The summed E-state index contributed by atoms with van der Waals surface area (Å²) in [6.07, 6.45) is 3.67. The number of pyridine rings is 2. The SMILES string of the molecule is c1ccc(-c2nc3ccc(-c4ccc5c(c4)CN(c4ccnc6ccccc46)CCO5)cc3[nH]2)nc1. The van der Waals surface area contributed by atoms with Gasteiger partial charge < -0.3 is 14.6 Å². The molecule has 1 aliphatic rings.